The number of allylic oxidation sites excluding steroid dienone is 2. The number of aliphatic hydroxyl groups excluding tert-OH is 1. The van der Waals surface area contributed by atoms with Crippen LogP contribution in [0.1, 0.15) is 5.56 Å². The fourth-order valence-corrected chi connectivity index (χ4v) is 1.49. The number of rotatable bonds is 5. The van der Waals surface area contributed by atoms with Crippen molar-refractivity contribution in [3.05, 3.63) is 46.7 Å². The van der Waals surface area contributed by atoms with Gasteiger partial charge < -0.3 is 15.6 Å². The number of aliphatic hydroxyl groups is 1. The number of nitriles is 3. The molecule has 0 fully saturated rings. The van der Waals surface area contributed by atoms with Crippen molar-refractivity contribution in [1.82, 2.24) is 0 Å². The second-order valence-electron chi connectivity index (χ2n) is 3.79. The van der Waals surface area contributed by atoms with Gasteiger partial charge in [0.1, 0.15) is 30.6 Å². The molecule has 0 unspecified atom stereocenters. The zero-order valence-corrected chi connectivity index (χ0v) is 11.1. The topological polar surface area (TPSA) is 127 Å². The molecule has 1 aromatic carbocycles. The molecule has 0 atom stereocenters. The van der Waals surface area contributed by atoms with Crippen LogP contribution in [0.4, 0.5) is 0 Å². The number of nitrogens with two attached hydrogens (primary N) is 1. The number of nitrogens with zero attached hydrogens (tertiary/aromatic N) is 3. The Bertz CT molecular complexity index is 684. The van der Waals surface area contributed by atoms with Crippen LogP contribution in [-0.2, 0) is 0 Å². The first-order valence-electron chi connectivity index (χ1n) is 5.92. The average molecular weight is 280 g/mol. The molecule has 0 aliphatic heterocycles. The molecule has 21 heavy (non-hydrogen) atoms. The molecule has 6 heteroatoms. The Labute approximate surface area is 122 Å². The number of benzene rings is 1. The maximum Gasteiger partial charge on any atom is 0.153 e. The van der Waals surface area contributed by atoms with Gasteiger partial charge in [-0.3, -0.25) is 0 Å². The molecule has 6 nitrogen and oxygen atoms in total. The van der Waals surface area contributed by atoms with Gasteiger partial charge in [-0.15, -0.1) is 0 Å². The molecule has 0 bridgehead atoms. The van der Waals surface area contributed by atoms with Crippen LogP contribution < -0.4 is 10.5 Å². The predicted molar refractivity (Wildman–Crippen MR) is 75.1 cm³/mol. The van der Waals surface area contributed by atoms with Gasteiger partial charge in [0.25, 0.3) is 0 Å². The Morgan fingerprint density at radius 2 is 1.86 bits per heavy atom. The van der Waals surface area contributed by atoms with Gasteiger partial charge in [-0.1, -0.05) is 18.2 Å². The molecule has 0 radical (unpaired) electrons. The number of ether oxygens (including phenoxy) is 1. The third-order valence-corrected chi connectivity index (χ3v) is 2.47. The lowest BCUT2D eigenvalue weighted by Crippen LogP contribution is -2.05. The van der Waals surface area contributed by atoms with Crippen molar-refractivity contribution in [2.75, 3.05) is 13.2 Å². The van der Waals surface area contributed by atoms with Gasteiger partial charge in [-0.25, -0.2) is 0 Å². The van der Waals surface area contributed by atoms with Gasteiger partial charge >= 0.3 is 0 Å². The first kappa shape index (κ1) is 15.8. The van der Waals surface area contributed by atoms with Crippen LogP contribution in [0.15, 0.2) is 41.1 Å². The van der Waals surface area contributed by atoms with E-state index in [2.05, 4.69) is 0 Å². The second kappa shape index (κ2) is 8.01. The summed E-state index contributed by atoms with van der Waals surface area (Å²) in [6, 6.07) is 12.0. The quantitative estimate of drug-likeness (QED) is 0.616. The van der Waals surface area contributed by atoms with Crippen molar-refractivity contribution < 1.29 is 9.84 Å². The fourth-order valence-electron chi connectivity index (χ4n) is 1.49. The van der Waals surface area contributed by atoms with Crippen molar-refractivity contribution in [2.45, 2.75) is 0 Å². The molecule has 104 valence electrons. The number of hydrogen-bond donors (Lipinski definition) is 2. The summed E-state index contributed by atoms with van der Waals surface area (Å²) in [4.78, 5) is 0. The van der Waals surface area contributed by atoms with Gasteiger partial charge in [-0.2, -0.15) is 15.8 Å². The van der Waals surface area contributed by atoms with E-state index in [9.17, 15) is 0 Å². The molecule has 0 saturated heterocycles. The maximum absolute atomic E-state index is 9.13. The highest BCUT2D eigenvalue weighted by Gasteiger charge is 2.09. The third kappa shape index (κ3) is 4.11. The van der Waals surface area contributed by atoms with Gasteiger partial charge in [0.15, 0.2) is 5.57 Å². The fraction of sp³-hybridized carbons (Fsp3) is 0.133. The van der Waals surface area contributed by atoms with Gasteiger partial charge in [0, 0.05) is 5.56 Å². The zero-order chi connectivity index (χ0) is 15.7. The average Bonchev–Trinajstić information content (AvgIpc) is 2.52. The van der Waals surface area contributed by atoms with E-state index in [4.69, 9.17) is 31.4 Å². The zero-order valence-electron chi connectivity index (χ0n) is 11.1. The van der Waals surface area contributed by atoms with E-state index in [-0.39, 0.29) is 30.1 Å². The lowest BCUT2D eigenvalue weighted by atomic mass is 10.1. The molecular weight excluding hydrogens is 268 g/mol. The van der Waals surface area contributed by atoms with Crippen LogP contribution in [0.5, 0.6) is 5.75 Å². The Morgan fingerprint density at radius 3 is 2.43 bits per heavy atom. The minimum atomic E-state index is -0.323. The molecule has 0 aliphatic rings. The molecule has 0 saturated carbocycles. The van der Waals surface area contributed by atoms with E-state index in [0.717, 1.165) is 0 Å². The molecule has 3 N–H and O–H groups in total. The minimum absolute atomic E-state index is 0.00634. The normalized spacial score (nSPS) is 9.90. The van der Waals surface area contributed by atoms with Crippen molar-refractivity contribution in [3.8, 4) is 24.0 Å². The smallest absolute Gasteiger partial charge is 0.153 e. The van der Waals surface area contributed by atoms with Crippen LogP contribution in [0.3, 0.4) is 0 Å². The van der Waals surface area contributed by atoms with Crippen molar-refractivity contribution in [2.24, 2.45) is 5.73 Å². The summed E-state index contributed by atoms with van der Waals surface area (Å²) in [5, 5.41) is 35.5. The third-order valence-electron chi connectivity index (χ3n) is 2.47. The van der Waals surface area contributed by atoms with Crippen LogP contribution in [-0.4, -0.2) is 18.3 Å². The molecule has 0 heterocycles. The molecule has 0 aliphatic carbocycles. The summed E-state index contributed by atoms with van der Waals surface area (Å²) in [7, 11) is 0. The van der Waals surface area contributed by atoms with Crippen LogP contribution >= 0.6 is 0 Å². The highest BCUT2D eigenvalue weighted by atomic mass is 16.5. The van der Waals surface area contributed by atoms with E-state index in [1.165, 1.54) is 6.08 Å². The predicted octanol–water partition coefficient (Wildman–Crippen LogP) is 1.22. The molecular formula is C15H12N4O2. The first-order valence-corrected chi connectivity index (χ1v) is 5.92. The summed E-state index contributed by atoms with van der Waals surface area (Å²) < 4.78 is 5.33. The summed E-state index contributed by atoms with van der Waals surface area (Å²) in [5.74, 6) is 0.461. The SMILES string of the molecule is N#CC(=Cc1ccccc1OCCO)C(N)=C(C#N)C#N. The summed E-state index contributed by atoms with van der Waals surface area (Å²) in [6.45, 7) is -0.0298. The Kier molecular flexibility index (Phi) is 6.02. The summed E-state index contributed by atoms with van der Waals surface area (Å²) in [6.07, 6.45) is 1.43. The van der Waals surface area contributed by atoms with Crippen LogP contribution in [0.25, 0.3) is 6.08 Å². The molecule has 0 amide bonds. The second-order valence-corrected chi connectivity index (χ2v) is 3.79. The van der Waals surface area contributed by atoms with Gasteiger partial charge in [-0.05, 0) is 12.1 Å². The monoisotopic (exact) mass is 280 g/mol. The van der Waals surface area contributed by atoms with E-state index in [0.29, 0.717) is 11.3 Å². The molecule has 0 spiro atoms. The maximum atomic E-state index is 9.13. The Balaban J connectivity index is 3.29. The van der Waals surface area contributed by atoms with E-state index >= 15 is 0 Å². The lowest BCUT2D eigenvalue weighted by Gasteiger charge is -2.08. The van der Waals surface area contributed by atoms with E-state index in [1.807, 2.05) is 6.07 Å². The number of para-hydroxylation sites is 1. The van der Waals surface area contributed by atoms with Crippen LogP contribution in [0, 0.1) is 34.0 Å². The minimum Gasteiger partial charge on any atom is -0.491 e. The standard InChI is InChI=1S/C15H12N4O2/c16-8-12(15(19)13(9-17)10-18)7-11-3-1-2-4-14(11)21-6-5-20/h1-4,7,20H,5-6,19H2. The van der Waals surface area contributed by atoms with Crippen molar-refractivity contribution >= 4 is 6.08 Å². The molecule has 0 aromatic heterocycles. The largest absolute Gasteiger partial charge is 0.491 e. The van der Waals surface area contributed by atoms with Gasteiger partial charge in [0.05, 0.1) is 17.9 Å². The van der Waals surface area contributed by atoms with Crippen molar-refractivity contribution in [3.63, 3.8) is 0 Å². The molecule has 1 rings (SSSR count). The van der Waals surface area contributed by atoms with Crippen molar-refractivity contribution in [1.29, 1.82) is 15.8 Å². The summed E-state index contributed by atoms with van der Waals surface area (Å²) >= 11 is 0. The Morgan fingerprint density at radius 1 is 1.19 bits per heavy atom. The highest BCUT2D eigenvalue weighted by Crippen LogP contribution is 2.22. The van der Waals surface area contributed by atoms with Gasteiger partial charge in [0.2, 0.25) is 0 Å². The summed E-state index contributed by atoms with van der Waals surface area (Å²) in [5.41, 5.74) is 5.70. The number of hydrogen-bond acceptors (Lipinski definition) is 6. The lowest BCUT2D eigenvalue weighted by molar-refractivity contribution is 0.201. The van der Waals surface area contributed by atoms with E-state index < -0.39 is 0 Å². The highest BCUT2D eigenvalue weighted by molar-refractivity contribution is 5.69. The Hall–Kier alpha value is -3.27. The van der Waals surface area contributed by atoms with Crippen LogP contribution in [0.2, 0.25) is 0 Å². The van der Waals surface area contributed by atoms with E-state index in [1.54, 1.807) is 36.4 Å². The molecule has 1 aromatic rings. The first-order chi connectivity index (χ1) is 10.2.